The maximum Gasteiger partial charge on any atom is 0.258 e. The van der Waals surface area contributed by atoms with E-state index < -0.39 is 0 Å². The minimum absolute atomic E-state index is 0.158. The van der Waals surface area contributed by atoms with Gasteiger partial charge in [-0.25, -0.2) is 14.6 Å². The molecule has 1 fully saturated rings. The Morgan fingerprint density at radius 1 is 1.22 bits per heavy atom. The Morgan fingerprint density at radius 2 is 1.94 bits per heavy atom. The molecule has 2 atom stereocenters. The number of ether oxygens (including phenoxy) is 1. The van der Waals surface area contributed by atoms with Gasteiger partial charge in [0, 0.05) is 36.8 Å². The highest BCUT2D eigenvalue weighted by Crippen LogP contribution is 2.26. The Kier molecular flexibility index (Phi) is 6.60. The van der Waals surface area contributed by atoms with Gasteiger partial charge >= 0.3 is 0 Å². The van der Waals surface area contributed by atoms with Crippen LogP contribution in [0.5, 0.6) is 0 Å². The Bertz CT molecular complexity index is 1100. The van der Waals surface area contributed by atoms with Crippen molar-refractivity contribution >= 4 is 33.4 Å². The van der Waals surface area contributed by atoms with E-state index in [-0.39, 0.29) is 30.1 Å². The lowest BCUT2D eigenvalue weighted by molar-refractivity contribution is -0.0707. The first kappa shape index (κ1) is 22.8. The average molecular weight is 457 g/mol. The number of morpholine rings is 1. The summed E-state index contributed by atoms with van der Waals surface area (Å²) in [6.45, 7) is 15.0. The van der Waals surface area contributed by atoms with Crippen molar-refractivity contribution in [1.82, 2.24) is 24.6 Å². The summed E-state index contributed by atoms with van der Waals surface area (Å²) in [7, 11) is 0. The molecule has 1 aliphatic rings. The lowest BCUT2D eigenvalue weighted by Crippen LogP contribution is -2.44. The molecule has 2 unspecified atom stereocenters. The molecule has 0 saturated carbocycles. The van der Waals surface area contributed by atoms with Gasteiger partial charge in [0.1, 0.15) is 0 Å². The Balaban J connectivity index is 1.54. The van der Waals surface area contributed by atoms with Crippen molar-refractivity contribution in [3.05, 3.63) is 34.6 Å². The van der Waals surface area contributed by atoms with E-state index in [1.165, 1.54) is 11.3 Å². The molecule has 3 aromatic rings. The second-order valence-corrected chi connectivity index (χ2v) is 10.1. The van der Waals surface area contributed by atoms with Gasteiger partial charge in [-0.3, -0.25) is 15.0 Å². The summed E-state index contributed by atoms with van der Waals surface area (Å²) < 4.78 is 7.68. The third kappa shape index (κ3) is 4.84. The normalized spacial score (nSPS) is 19.9. The number of pyridine rings is 1. The SMILES string of the molecule is CC1CN(Cc2csc(NC(=O)c3cc(C(C)C)nc4c3cnn4C(C)C)n2)CC(C)O1. The molecule has 4 heterocycles. The van der Waals surface area contributed by atoms with Crippen molar-refractivity contribution in [3.8, 4) is 0 Å². The van der Waals surface area contributed by atoms with Crippen LogP contribution in [-0.2, 0) is 11.3 Å². The molecule has 9 heteroatoms. The first-order valence-electron chi connectivity index (χ1n) is 11.2. The van der Waals surface area contributed by atoms with Gasteiger partial charge in [-0.1, -0.05) is 13.8 Å². The van der Waals surface area contributed by atoms with Gasteiger partial charge < -0.3 is 4.74 Å². The predicted molar refractivity (Wildman–Crippen MR) is 127 cm³/mol. The number of thiazole rings is 1. The van der Waals surface area contributed by atoms with E-state index in [0.717, 1.165) is 42.1 Å². The fourth-order valence-corrected chi connectivity index (χ4v) is 4.84. The summed E-state index contributed by atoms with van der Waals surface area (Å²) in [5.41, 5.74) is 3.16. The van der Waals surface area contributed by atoms with Crippen molar-refractivity contribution < 1.29 is 9.53 Å². The highest BCUT2D eigenvalue weighted by atomic mass is 32.1. The molecule has 1 saturated heterocycles. The van der Waals surface area contributed by atoms with Gasteiger partial charge in [0.15, 0.2) is 10.8 Å². The summed E-state index contributed by atoms with van der Waals surface area (Å²) in [6.07, 6.45) is 2.16. The second-order valence-electron chi connectivity index (χ2n) is 9.22. The van der Waals surface area contributed by atoms with Crippen molar-refractivity contribution in [1.29, 1.82) is 0 Å². The minimum atomic E-state index is -0.183. The number of rotatable bonds is 6. The van der Waals surface area contributed by atoms with E-state index in [1.54, 1.807) is 6.20 Å². The van der Waals surface area contributed by atoms with Gasteiger partial charge in [-0.2, -0.15) is 5.10 Å². The summed E-state index contributed by atoms with van der Waals surface area (Å²) in [5.74, 6) is 0.0170. The van der Waals surface area contributed by atoms with Crippen LogP contribution in [0.1, 0.15) is 75.2 Å². The molecule has 1 aliphatic heterocycles. The fourth-order valence-electron chi connectivity index (χ4n) is 4.14. The Morgan fingerprint density at radius 3 is 2.59 bits per heavy atom. The van der Waals surface area contributed by atoms with Crippen LogP contribution in [0.2, 0.25) is 0 Å². The summed E-state index contributed by atoms with van der Waals surface area (Å²) >= 11 is 1.45. The van der Waals surface area contributed by atoms with Crippen molar-refractivity contribution in [2.24, 2.45) is 0 Å². The molecule has 4 rings (SSSR count). The molecule has 3 aromatic heterocycles. The van der Waals surface area contributed by atoms with Crippen molar-refractivity contribution in [3.63, 3.8) is 0 Å². The fraction of sp³-hybridized carbons (Fsp3) is 0.565. The van der Waals surface area contributed by atoms with Crippen LogP contribution in [-0.4, -0.2) is 55.9 Å². The molecule has 0 bridgehead atoms. The molecule has 8 nitrogen and oxygen atoms in total. The molecular formula is C23H32N6O2S. The van der Waals surface area contributed by atoms with Gasteiger partial charge in [-0.05, 0) is 39.7 Å². The van der Waals surface area contributed by atoms with Crippen molar-refractivity contribution in [2.45, 2.75) is 72.3 Å². The number of carbonyl (C=O) groups excluding carboxylic acids is 1. The number of hydrogen-bond donors (Lipinski definition) is 1. The van der Waals surface area contributed by atoms with Crippen LogP contribution in [0, 0.1) is 0 Å². The summed E-state index contributed by atoms with van der Waals surface area (Å²) in [5, 5.41) is 10.8. The number of fused-ring (bicyclic) bond motifs is 1. The van der Waals surface area contributed by atoms with Crippen LogP contribution < -0.4 is 5.32 Å². The number of nitrogens with zero attached hydrogens (tertiary/aromatic N) is 5. The highest BCUT2D eigenvalue weighted by Gasteiger charge is 2.23. The molecule has 1 amide bonds. The maximum atomic E-state index is 13.2. The third-order valence-corrected chi connectivity index (χ3v) is 6.37. The zero-order valence-corrected chi connectivity index (χ0v) is 20.4. The van der Waals surface area contributed by atoms with E-state index in [9.17, 15) is 4.79 Å². The standard InChI is InChI=1S/C23H32N6O2S/c1-13(2)20-7-18(19-8-24-29(14(3)4)21(19)26-20)22(30)27-23-25-17(12-32-23)11-28-9-15(5)31-16(6)10-28/h7-8,12-16H,9-11H2,1-6H3,(H,25,27,30). The van der Waals surface area contributed by atoms with Crippen LogP contribution >= 0.6 is 11.3 Å². The first-order chi connectivity index (χ1) is 15.2. The molecule has 0 aliphatic carbocycles. The second kappa shape index (κ2) is 9.25. The lowest BCUT2D eigenvalue weighted by Gasteiger charge is -2.34. The minimum Gasteiger partial charge on any atom is -0.373 e. The smallest absolute Gasteiger partial charge is 0.258 e. The number of amides is 1. The topological polar surface area (TPSA) is 85.2 Å². The van der Waals surface area contributed by atoms with Gasteiger partial charge in [0.2, 0.25) is 0 Å². The molecule has 0 spiro atoms. The van der Waals surface area contributed by atoms with Gasteiger partial charge in [0.25, 0.3) is 5.91 Å². The third-order valence-electron chi connectivity index (χ3n) is 5.56. The Hall–Kier alpha value is -2.36. The molecule has 1 N–H and O–H groups in total. The number of anilines is 1. The number of hydrogen-bond acceptors (Lipinski definition) is 7. The van der Waals surface area contributed by atoms with Crippen LogP contribution in [0.25, 0.3) is 11.0 Å². The molecule has 0 radical (unpaired) electrons. The number of nitrogens with one attached hydrogen (secondary N) is 1. The van der Waals surface area contributed by atoms with E-state index in [1.807, 2.05) is 16.1 Å². The van der Waals surface area contributed by atoms with Crippen LogP contribution in [0.15, 0.2) is 17.6 Å². The first-order valence-corrected chi connectivity index (χ1v) is 12.1. The predicted octanol–water partition coefficient (Wildman–Crippen LogP) is 4.45. The largest absolute Gasteiger partial charge is 0.373 e. The highest BCUT2D eigenvalue weighted by molar-refractivity contribution is 7.14. The molecule has 0 aromatic carbocycles. The zero-order chi connectivity index (χ0) is 23.0. The number of aromatic nitrogens is 4. The number of carbonyl (C=O) groups is 1. The molecular weight excluding hydrogens is 424 g/mol. The average Bonchev–Trinajstić information content (AvgIpc) is 3.32. The van der Waals surface area contributed by atoms with Crippen molar-refractivity contribution in [2.75, 3.05) is 18.4 Å². The van der Waals surface area contributed by atoms with Crippen LogP contribution in [0.3, 0.4) is 0 Å². The van der Waals surface area contributed by atoms with Gasteiger partial charge in [-0.15, -0.1) is 11.3 Å². The van der Waals surface area contributed by atoms with E-state index >= 15 is 0 Å². The van der Waals surface area contributed by atoms with Crippen LogP contribution in [0.4, 0.5) is 5.13 Å². The summed E-state index contributed by atoms with van der Waals surface area (Å²) in [6, 6.07) is 2.03. The summed E-state index contributed by atoms with van der Waals surface area (Å²) in [4.78, 5) is 25.0. The maximum absolute atomic E-state index is 13.2. The molecule has 32 heavy (non-hydrogen) atoms. The van der Waals surface area contributed by atoms with Gasteiger partial charge in [0.05, 0.1) is 35.0 Å². The van der Waals surface area contributed by atoms with E-state index in [4.69, 9.17) is 9.72 Å². The molecule has 172 valence electrons. The zero-order valence-electron chi connectivity index (χ0n) is 19.6. The Labute approximate surface area is 193 Å². The van der Waals surface area contributed by atoms with E-state index in [2.05, 4.69) is 61.8 Å². The monoisotopic (exact) mass is 456 g/mol. The lowest BCUT2D eigenvalue weighted by atomic mass is 10.0. The quantitative estimate of drug-likeness (QED) is 0.590. The van der Waals surface area contributed by atoms with E-state index in [0.29, 0.717) is 10.7 Å².